The Hall–Kier alpha value is 2.66. The molecule has 0 aliphatic heterocycles. The molecule has 45 heavy (non-hydrogen) atoms. The smallest absolute Gasteiger partial charge is 1.00 e. The van der Waals surface area contributed by atoms with Crippen molar-refractivity contribution in [3.63, 3.8) is 0 Å². The van der Waals surface area contributed by atoms with Crippen LogP contribution in [0.5, 0.6) is 0 Å². The quantitative estimate of drug-likeness (QED) is 0.0843. The van der Waals surface area contributed by atoms with Gasteiger partial charge in [0.1, 0.15) is 42.3 Å². The molecular weight excluding hydrogens is 1090 g/mol. The zero-order valence-electron chi connectivity index (χ0n) is 21.5. The Morgan fingerprint density at radius 1 is 0.622 bits per heavy atom. The maximum atomic E-state index is 12.1. The van der Waals surface area contributed by atoms with E-state index < -0.39 is 45.5 Å². The van der Waals surface area contributed by atoms with Crippen LogP contribution in [0.3, 0.4) is 0 Å². The minimum atomic E-state index is -4.54. The van der Waals surface area contributed by atoms with Crippen LogP contribution in [0.15, 0.2) is 18.6 Å². The number of hydrogen-bond donors (Lipinski definition) is 0. The summed E-state index contributed by atoms with van der Waals surface area (Å²) < 4.78 is 108. The van der Waals surface area contributed by atoms with Gasteiger partial charge in [0.15, 0.2) is 0 Å². The molecule has 0 saturated heterocycles. The third kappa shape index (κ3) is 26.1. The second-order valence-corrected chi connectivity index (χ2v) is 8.16. The molecule has 6 nitrogen and oxygen atoms in total. The van der Waals surface area contributed by atoms with Gasteiger partial charge in [-0.2, -0.15) is 45.8 Å². The third-order valence-corrected chi connectivity index (χ3v) is 4.94. The van der Waals surface area contributed by atoms with E-state index in [0.29, 0.717) is 18.2 Å². The van der Waals surface area contributed by atoms with Gasteiger partial charge in [-0.15, -0.1) is 24.0 Å². The van der Waals surface area contributed by atoms with Crippen molar-refractivity contribution in [2.24, 2.45) is 0 Å². The van der Waals surface area contributed by atoms with Crippen LogP contribution < -0.4 is 105 Å². The van der Waals surface area contributed by atoms with Crippen LogP contribution in [0.2, 0.25) is 15.6 Å². The Morgan fingerprint density at radius 2 is 0.911 bits per heavy atom. The van der Waals surface area contributed by atoms with E-state index in [1.165, 1.54) is 6.92 Å². The normalized spacial score (nSPS) is 9.53. The van der Waals surface area contributed by atoms with Crippen LogP contribution in [0.25, 0.3) is 0 Å². The molecule has 0 fully saturated rings. The largest absolute Gasteiger partial charge is 1.00 e. The molecule has 0 N–H and O–H groups in total. The van der Waals surface area contributed by atoms with Crippen molar-refractivity contribution in [2.75, 3.05) is 6.26 Å². The topological polar surface area (TPSA) is 77.3 Å². The van der Waals surface area contributed by atoms with Gasteiger partial charge in [-0.25, -0.2) is 29.9 Å². The Balaban J connectivity index is -0.0000000687. The molecule has 0 saturated carbocycles. The molecule has 3 aromatic rings. The Kier molecular flexibility index (Phi) is 44.4. The molecule has 252 valence electrons. The summed E-state index contributed by atoms with van der Waals surface area (Å²) >= 11 is 21.2. The molecule has 3 aromatic heterocycles. The van der Waals surface area contributed by atoms with E-state index in [4.69, 9.17) is 34.8 Å². The van der Waals surface area contributed by atoms with Crippen molar-refractivity contribution >= 4 is 94.0 Å². The summed E-state index contributed by atoms with van der Waals surface area (Å²) in [5.41, 5.74) is -2.88. The summed E-state index contributed by atoms with van der Waals surface area (Å²) in [6, 6.07) is 0. The Bertz CT molecular complexity index is 1080. The first-order valence-corrected chi connectivity index (χ1v) is 12.0. The van der Waals surface area contributed by atoms with Gasteiger partial charge >= 0.3 is 99.5 Å². The first-order chi connectivity index (χ1) is 17.2. The molecule has 0 unspecified atom stereocenters. The Morgan fingerprint density at radius 3 is 1.20 bits per heavy atom. The summed E-state index contributed by atoms with van der Waals surface area (Å²) in [4.78, 5) is 20.1. The van der Waals surface area contributed by atoms with Crippen LogP contribution in [-0.4, -0.2) is 36.2 Å². The molecule has 3 rings (SSSR count). The maximum absolute atomic E-state index is 12.1. The van der Waals surface area contributed by atoms with E-state index in [2.05, 4.69) is 42.5 Å². The predicted octanol–water partition coefficient (Wildman–Crippen LogP) is 1.37. The van der Waals surface area contributed by atoms with E-state index in [-0.39, 0.29) is 166 Å². The zero-order chi connectivity index (χ0) is 30.1. The van der Waals surface area contributed by atoms with Gasteiger partial charge in [-0.1, -0.05) is 45.5 Å². The standard InChI is InChI=1S/C6H4ClF3N2.C6H4F3IN2.C5HCl2F3N2.CH4S.3CH4.2HI.K.Na/c1-3-11-2-4(5(7)12-3)6(8,9)10;1-3-11-2-4(5(10)12-3)6(7,8)9;6-3-2(5(8,9)10)1-11-4(7)12-3;1-2;;;;;;;/h2*2H,1H3;1H;2H,1H3;3*1H4;2*1H;;/q;;;;;;;;;2*+1/p-2. The second-order valence-electron chi connectivity index (χ2n) is 6.08. The van der Waals surface area contributed by atoms with Gasteiger partial charge in [0, 0.05) is 18.6 Å². The van der Waals surface area contributed by atoms with E-state index in [1.54, 1.807) is 35.8 Å². The van der Waals surface area contributed by atoms with Gasteiger partial charge in [0.05, 0.1) is 0 Å². The van der Waals surface area contributed by atoms with Crippen LogP contribution in [0, 0.1) is 17.5 Å². The van der Waals surface area contributed by atoms with Crippen molar-refractivity contribution in [3.8, 4) is 0 Å². The second kappa shape index (κ2) is 30.3. The number of alkyl halides is 9. The molecular formula is C21H25Cl3F9I3KN6NaS. The molecule has 24 heteroatoms. The number of aromatic nitrogens is 6. The average Bonchev–Trinajstić information content (AvgIpc) is 2.73. The number of hydrogen-bond acceptors (Lipinski definition) is 7. The van der Waals surface area contributed by atoms with E-state index >= 15 is 0 Å². The first-order valence-electron chi connectivity index (χ1n) is 9.02. The van der Waals surface area contributed by atoms with Gasteiger partial charge in [-0.05, 0) is 48.0 Å². The van der Waals surface area contributed by atoms with E-state index in [0.717, 1.165) is 6.20 Å². The molecule has 0 amide bonds. The van der Waals surface area contributed by atoms with Crippen LogP contribution in [0.4, 0.5) is 39.5 Å². The minimum Gasteiger partial charge on any atom is -1.00 e. The van der Waals surface area contributed by atoms with Gasteiger partial charge < -0.3 is 36.6 Å². The van der Waals surface area contributed by atoms with Gasteiger partial charge in [0.25, 0.3) is 0 Å². The summed E-state index contributed by atoms with van der Waals surface area (Å²) in [5, 5.41) is -1.56. The van der Waals surface area contributed by atoms with Crippen LogP contribution in [0.1, 0.15) is 50.6 Å². The molecule has 0 radical (unpaired) electrons. The van der Waals surface area contributed by atoms with E-state index in [9.17, 15) is 39.5 Å². The monoisotopic (exact) mass is 1110 g/mol. The molecule has 0 aromatic carbocycles. The SMILES string of the molecule is C.C.C.C[S-].Cc1ncc(C(F)(F)F)c(Cl)n1.Cc1ncc(C(F)(F)F)c(I)n1.FC(F)(F)c1cnc(Cl)nc1Cl.I.[I-].[K+].[Na+]. The molecule has 0 bridgehead atoms. The summed E-state index contributed by atoms with van der Waals surface area (Å²) in [6.07, 6.45) is -9.79. The summed E-state index contributed by atoms with van der Waals surface area (Å²) in [7, 11) is 0. The first kappa shape index (κ1) is 66.0. The average molecular weight is 1110 g/mol. The zero-order valence-corrected chi connectivity index (χ0v) is 36.4. The number of halogens is 15. The summed E-state index contributed by atoms with van der Waals surface area (Å²) in [6.45, 7) is 3.01. The third-order valence-electron chi connectivity index (χ3n) is 3.35. The summed E-state index contributed by atoms with van der Waals surface area (Å²) in [5.74, 6) is 0.556. The molecule has 0 aliphatic carbocycles. The predicted molar refractivity (Wildman–Crippen MR) is 167 cm³/mol. The van der Waals surface area contributed by atoms with Crippen molar-refractivity contribution in [2.45, 2.75) is 54.7 Å². The van der Waals surface area contributed by atoms with Crippen molar-refractivity contribution < 1.29 is 144 Å². The van der Waals surface area contributed by atoms with Crippen molar-refractivity contribution in [3.05, 3.63) is 66.2 Å². The minimum absolute atomic E-state index is 0. The fourth-order valence-corrected chi connectivity index (χ4v) is 3.28. The fourth-order valence-electron chi connectivity index (χ4n) is 1.80. The molecule has 3 heterocycles. The van der Waals surface area contributed by atoms with Gasteiger partial charge in [-0.3, -0.25) is 0 Å². The van der Waals surface area contributed by atoms with Crippen molar-refractivity contribution in [1.29, 1.82) is 0 Å². The Labute approximate surface area is 389 Å². The van der Waals surface area contributed by atoms with Crippen LogP contribution in [-0.2, 0) is 31.2 Å². The molecule has 0 atom stereocenters. The molecule has 0 aliphatic rings. The van der Waals surface area contributed by atoms with Gasteiger partial charge in [0.2, 0.25) is 5.28 Å². The van der Waals surface area contributed by atoms with Crippen LogP contribution >= 0.6 is 81.4 Å². The van der Waals surface area contributed by atoms with Crippen molar-refractivity contribution in [1.82, 2.24) is 29.9 Å². The number of rotatable bonds is 0. The van der Waals surface area contributed by atoms with E-state index in [1.807, 2.05) is 0 Å². The maximum Gasteiger partial charge on any atom is 1.00 e. The number of aryl methyl sites for hydroxylation is 2. The number of nitrogens with zero attached hydrogens (tertiary/aromatic N) is 6. The fraction of sp³-hybridized carbons (Fsp3) is 0.429. The molecule has 0 spiro atoms.